The number of nitrogens with one attached hydrogen (secondary N) is 1. The van der Waals surface area contributed by atoms with E-state index < -0.39 is 0 Å². The summed E-state index contributed by atoms with van der Waals surface area (Å²) in [7, 11) is 0. The van der Waals surface area contributed by atoms with Gasteiger partial charge in [-0.2, -0.15) is 0 Å². The number of nitro groups is 1. The zero-order valence-electron chi connectivity index (χ0n) is 17.3. The summed E-state index contributed by atoms with van der Waals surface area (Å²) in [5.74, 6) is 1.37. The van der Waals surface area contributed by atoms with Crippen LogP contribution in [0.3, 0.4) is 0 Å². The van der Waals surface area contributed by atoms with Crippen LogP contribution >= 0.6 is 0 Å². The summed E-state index contributed by atoms with van der Waals surface area (Å²) >= 11 is 0. The molecule has 5 rings (SSSR count). The summed E-state index contributed by atoms with van der Waals surface area (Å²) in [6.45, 7) is 2.48. The summed E-state index contributed by atoms with van der Waals surface area (Å²) in [4.78, 5) is 11.0. The third kappa shape index (κ3) is 3.67. The number of fused-ring (bicyclic) bond motifs is 3. The van der Waals surface area contributed by atoms with E-state index in [9.17, 15) is 10.1 Å². The van der Waals surface area contributed by atoms with Gasteiger partial charge in [-0.3, -0.25) is 10.1 Å². The zero-order valence-corrected chi connectivity index (χ0v) is 17.3. The maximum Gasteiger partial charge on any atom is 0.270 e. The van der Waals surface area contributed by atoms with Gasteiger partial charge in [-0.05, 0) is 53.6 Å². The molecule has 0 fully saturated rings. The van der Waals surface area contributed by atoms with Crippen molar-refractivity contribution in [2.75, 3.05) is 5.32 Å². The Morgan fingerprint density at radius 2 is 1.87 bits per heavy atom. The Kier molecular flexibility index (Phi) is 4.94. The Bertz CT molecular complexity index is 1140. The number of allylic oxidation sites excluding steroid dienone is 2. The van der Waals surface area contributed by atoms with Crippen LogP contribution in [0.25, 0.3) is 0 Å². The molecule has 2 aliphatic rings. The first-order chi connectivity index (χ1) is 15.1. The first-order valence-corrected chi connectivity index (χ1v) is 10.6. The maximum atomic E-state index is 11.3. The van der Waals surface area contributed by atoms with Crippen molar-refractivity contribution < 1.29 is 9.66 Å². The number of aryl methyl sites for hydroxylation is 1. The molecule has 3 unspecified atom stereocenters. The Labute approximate surface area is 181 Å². The molecule has 3 aromatic carbocycles. The average molecular weight is 412 g/mol. The minimum atomic E-state index is -0.304. The zero-order chi connectivity index (χ0) is 21.4. The largest absolute Gasteiger partial charge is 0.489 e. The molecule has 0 aromatic heterocycles. The van der Waals surface area contributed by atoms with E-state index in [4.69, 9.17) is 4.74 Å². The van der Waals surface area contributed by atoms with Gasteiger partial charge in [0.25, 0.3) is 5.69 Å². The lowest BCUT2D eigenvalue weighted by Crippen LogP contribution is -2.29. The fourth-order valence-corrected chi connectivity index (χ4v) is 4.82. The van der Waals surface area contributed by atoms with Gasteiger partial charge in [-0.25, -0.2) is 0 Å². The Morgan fingerprint density at radius 3 is 2.61 bits per heavy atom. The van der Waals surface area contributed by atoms with Crippen molar-refractivity contribution in [3.05, 3.63) is 111 Å². The molecule has 5 heteroatoms. The predicted molar refractivity (Wildman–Crippen MR) is 121 cm³/mol. The van der Waals surface area contributed by atoms with E-state index in [1.165, 1.54) is 5.56 Å². The Hall–Kier alpha value is -3.60. The summed E-state index contributed by atoms with van der Waals surface area (Å²) < 4.78 is 5.94. The van der Waals surface area contributed by atoms with Gasteiger partial charge >= 0.3 is 0 Å². The second kappa shape index (κ2) is 7.91. The molecule has 0 bridgehead atoms. The number of hydrogen-bond donors (Lipinski definition) is 1. The molecule has 5 nitrogen and oxygen atoms in total. The van der Waals surface area contributed by atoms with E-state index in [-0.39, 0.29) is 22.6 Å². The normalized spacial score (nSPS) is 21.1. The smallest absolute Gasteiger partial charge is 0.270 e. The van der Waals surface area contributed by atoms with Crippen LogP contribution in [-0.4, -0.2) is 4.92 Å². The number of hydrogen-bond acceptors (Lipinski definition) is 4. The minimum Gasteiger partial charge on any atom is -0.489 e. The van der Waals surface area contributed by atoms with Crippen LogP contribution in [-0.2, 0) is 6.61 Å². The lowest BCUT2D eigenvalue weighted by atomic mass is 9.76. The van der Waals surface area contributed by atoms with Crippen LogP contribution in [0.5, 0.6) is 5.75 Å². The first kappa shape index (κ1) is 19.4. The highest BCUT2D eigenvalue weighted by Gasteiger charge is 2.39. The standard InChI is InChI=1S/C26H24N2O3/c1-17-14-20(28(29)30)15-24-22-8-5-9-23(22)26(27-25(17)24)19-10-12-21(13-11-19)31-16-18-6-3-2-4-7-18/h2-8,10-15,22-23,26-27H,9,16H2,1H3. The topological polar surface area (TPSA) is 64.4 Å². The van der Waals surface area contributed by atoms with Crippen molar-refractivity contribution in [3.63, 3.8) is 0 Å². The average Bonchev–Trinajstić information content (AvgIpc) is 3.29. The number of nitrogens with zero attached hydrogens (tertiary/aromatic N) is 1. The van der Waals surface area contributed by atoms with Crippen molar-refractivity contribution in [3.8, 4) is 5.75 Å². The van der Waals surface area contributed by atoms with E-state index in [0.29, 0.717) is 12.5 Å². The van der Waals surface area contributed by atoms with Crippen molar-refractivity contribution in [2.24, 2.45) is 5.92 Å². The minimum absolute atomic E-state index is 0.149. The lowest BCUT2D eigenvalue weighted by molar-refractivity contribution is -0.385. The van der Waals surface area contributed by atoms with Crippen LogP contribution < -0.4 is 10.1 Å². The molecular formula is C26H24N2O3. The van der Waals surface area contributed by atoms with E-state index in [1.807, 2.05) is 37.3 Å². The van der Waals surface area contributed by atoms with Gasteiger partial charge in [-0.15, -0.1) is 0 Å². The molecule has 31 heavy (non-hydrogen) atoms. The molecule has 0 radical (unpaired) electrons. The molecule has 1 aliphatic carbocycles. The Morgan fingerprint density at radius 1 is 1.10 bits per heavy atom. The second-order valence-corrected chi connectivity index (χ2v) is 8.30. The molecule has 1 aliphatic heterocycles. The van der Waals surface area contributed by atoms with Gasteiger partial charge in [0.1, 0.15) is 12.4 Å². The first-order valence-electron chi connectivity index (χ1n) is 10.6. The number of non-ortho nitro benzene ring substituents is 1. The summed E-state index contributed by atoms with van der Waals surface area (Å²) in [6, 6.07) is 22.0. The quantitative estimate of drug-likeness (QED) is 0.303. The van der Waals surface area contributed by atoms with Gasteiger partial charge in [0, 0.05) is 23.7 Å². The molecule has 1 heterocycles. The van der Waals surface area contributed by atoms with Crippen LogP contribution in [0.1, 0.15) is 40.6 Å². The molecule has 156 valence electrons. The summed E-state index contributed by atoms with van der Waals surface area (Å²) in [5, 5.41) is 15.0. The van der Waals surface area contributed by atoms with Crippen molar-refractivity contribution in [1.82, 2.24) is 0 Å². The number of anilines is 1. The van der Waals surface area contributed by atoms with E-state index in [0.717, 1.165) is 34.5 Å². The van der Waals surface area contributed by atoms with E-state index >= 15 is 0 Å². The summed E-state index contributed by atoms with van der Waals surface area (Å²) in [5.41, 5.74) is 5.47. The fourth-order valence-electron chi connectivity index (χ4n) is 4.82. The third-order valence-corrected chi connectivity index (χ3v) is 6.35. The van der Waals surface area contributed by atoms with Crippen LogP contribution in [0.4, 0.5) is 11.4 Å². The maximum absolute atomic E-state index is 11.3. The molecule has 0 saturated carbocycles. The van der Waals surface area contributed by atoms with E-state index in [1.54, 1.807) is 12.1 Å². The van der Waals surface area contributed by atoms with Gasteiger partial charge in [0.15, 0.2) is 0 Å². The molecule has 3 aromatic rings. The van der Waals surface area contributed by atoms with Gasteiger partial charge < -0.3 is 10.1 Å². The summed E-state index contributed by atoms with van der Waals surface area (Å²) in [6.07, 6.45) is 5.36. The monoisotopic (exact) mass is 412 g/mol. The predicted octanol–water partition coefficient (Wildman–Crippen LogP) is 6.31. The highest BCUT2D eigenvalue weighted by Crippen LogP contribution is 2.51. The lowest BCUT2D eigenvalue weighted by Gasteiger charge is -2.38. The molecule has 3 atom stereocenters. The van der Waals surface area contributed by atoms with Crippen molar-refractivity contribution >= 4 is 11.4 Å². The second-order valence-electron chi connectivity index (χ2n) is 8.30. The number of nitro benzene ring substituents is 1. The highest BCUT2D eigenvalue weighted by atomic mass is 16.6. The number of benzene rings is 3. The number of rotatable bonds is 5. The molecule has 0 saturated heterocycles. The third-order valence-electron chi connectivity index (χ3n) is 6.35. The van der Waals surface area contributed by atoms with Crippen LogP contribution in [0.15, 0.2) is 78.9 Å². The fraction of sp³-hybridized carbons (Fsp3) is 0.231. The Balaban J connectivity index is 1.39. The SMILES string of the molecule is Cc1cc([N+](=O)[O-])cc2c1NC(c1ccc(OCc3ccccc3)cc1)C1CC=CC21. The molecule has 1 N–H and O–H groups in total. The van der Waals surface area contributed by atoms with Gasteiger partial charge in [0.2, 0.25) is 0 Å². The molecular weight excluding hydrogens is 388 g/mol. The number of ether oxygens (including phenoxy) is 1. The van der Waals surface area contributed by atoms with Crippen LogP contribution in [0.2, 0.25) is 0 Å². The van der Waals surface area contributed by atoms with Crippen LogP contribution in [0, 0.1) is 23.0 Å². The molecule has 0 amide bonds. The van der Waals surface area contributed by atoms with Gasteiger partial charge in [0.05, 0.1) is 11.0 Å². The van der Waals surface area contributed by atoms with Gasteiger partial charge in [-0.1, -0.05) is 54.6 Å². The molecule has 0 spiro atoms. The van der Waals surface area contributed by atoms with E-state index in [2.05, 4.69) is 41.7 Å². The highest BCUT2D eigenvalue weighted by molar-refractivity contribution is 5.67. The van der Waals surface area contributed by atoms with Crippen molar-refractivity contribution in [2.45, 2.75) is 31.9 Å². The van der Waals surface area contributed by atoms with Crippen molar-refractivity contribution in [1.29, 1.82) is 0 Å².